The van der Waals surface area contributed by atoms with Crippen LogP contribution in [-0.4, -0.2) is 9.55 Å². The first-order valence-electron chi connectivity index (χ1n) is 6.23. The van der Waals surface area contributed by atoms with Gasteiger partial charge in [0.25, 0.3) is 0 Å². The molecule has 1 aromatic heterocycles. The van der Waals surface area contributed by atoms with Crippen LogP contribution in [0.15, 0.2) is 76.4 Å². The molecule has 1 N–H and O–H groups in total. The van der Waals surface area contributed by atoms with Crippen LogP contribution in [0.25, 0.3) is 16.9 Å². The molecule has 0 saturated carbocycles. The third-order valence-corrected chi connectivity index (χ3v) is 3.06. The molecule has 0 spiro atoms. The largest absolute Gasteiger partial charge is 0.322 e. The van der Waals surface area contributed by atoms with Crippen LogP contribution in [0.1, 0.15) is 0 Å². The molecule has 0 aliphatic heterocycles. The van der Waals surface area contributed by atoms with Crippen molar-refractivity contribution in [2.45, 2.75) is 0 Å². The van der Waals surface area contributed by atoms with Gasteiger partial charge in [-0.1, -0.05) is 48.5 Å². The van der Waals surface area contributed by atoms with Gasteiger partial charge in [0, 0.05) is 17.4 Å². The highest BCUT2D eigenvalue weighted by molar-refractivity contribution is 5.61. The summed E-state index contributed by atoms with van der Waals surface area (Å²) in [6.07, 6.45) is 1.56. The number of hydrogen-bond donors (Lipinski definition) is 1. The average molecular weight is 264 g/mol. The maximum Gasteiger partial charge on any atom is 0.321 e. The van der Waals surface area contributed by atoms with Gasteiger partial charge in [-0.25, -0.2) is 0 Å². The zero-order valence-electron chi connectivity index (χ0n) is 10.6. The van der Waals surface area contributed by atoms with E-state index in [1.165, 1.54) is 4.57 Å². The molecule has 20 heavy (non-hydrogen) atoms. The van der Waals surface area contributed by atoms with Gasteiger partial charge in [-0.2, -0.15) is 0 Å². The van der Waals surface area contributed by atoms with Crippen LogP contribution in [-0.2, 0) is 0 Å². The Kier molecular flexibility index (Phi) is 3.05. The lowest BCUT2D eigenvalue weighted by molar-refractivity contribution is 0.937. The SMILES string of the molecule is O=c1[nH]cc(-c2ccccc2)n(-c2ccccc2)c1=O. The summed E-state index contributed by atoms with van der Waals surface area (Å²) >= 11 is 0. The number of aromatic nitrogens is 2. The molecule has 1 heterocycles. The monoisotopic (exact) mass is 264 g/mol. The fourth-order valence-corrected chi connectivity index (χ4v) is 2.13. The molecule has 2 aromatic carbocycles. The first kappa shape index (κ1) is 12.2. The summed E-state index contributed by atoms with van der Waals surface area (Å²) < 4.78 is 1.42. The number of rotatable bonds is 2. The Labute approximate surface area is 115 Å². The number of benzene rings is 2. The highest BCUT2D eigenvalue weighted by atomic mass is 16.2. The van der Waals surface area contributed by atoms with E-state index in [1.807, 2.05) is 48.5 Å². The smallest absolute Gasteiger partial charge is 0.321 e. The Morgan fingerprint density at radius 2 is 1.40 bits per heavy atom. The van der Waals surface area contributed by atoms with Gasteiger partial charge in [0.2, 0.25) is 0 Å². The van der Waals surface area contributed by atoms with E-state index >= 15 is 0 Å². The number of aromatic amines is 1. The molecule has 0 atom stereocenters. The number of para-hydroxylation sites is 1. The number of nitrogens with one attached hydrogen (secondary N) is 1. The summed E-state index contributed by atoms with van der Waals surface area (Å²) in [5.74, 6) is 0. The second kappa shape index (κ2) is 5.01. The van der Waals surface area contributed by atoms with E-state index in [4.69, 9.17) is 0 Å². The minimum absolute atomic E-state index is 0.586. The quantitative estimate of drug-likeness (QED) is 0.721. The lowest BCUT2D eigenvalue weighted by atomic mass is 10.1. The maximum atomic E-state index is 12.2. The van der Waals surface area contributed by atoms with E-state index in [0.717, 1.165) is 5.56 Å². The standard InChI is InChI=1S/C16H12N2O2/c19-15-16(20)18(13-9-5-2-6-10-13)14(11-17-15)12-7-3-1-4-8-12/h1-11H,(H,17,19). The molecule has 0 fully saturated rings. The molecule has 0 bridgehead atoms. The van der Waals surface area contributed by atoms with Crippen molar-refractivity contribution in [2.24, 2.45) is 0 Å². The minimum atomic E-state index is -0.631. The molecule has 0 amide bonds. The van der Waals surface area contributed by atoms with Gasteiger partial charge in [-0.15, -0.1) is 0 Å². The first-order chi connectivity index (χ1) is 9.77. The lowest BCUT2D eigenvalue weighted by Crippen LogP contribution is -2.35. The minimum Gasteiger partial charge on any atom is -0.322 e. The van der Waals surface area contributed by atoms with Crippen molar-refractivity contribution in [3.05, 3.63) is 87.6 Å². The number of H-pyrrole nitrogens is 1. The lowest BCUT2D eigenvalue weighted by Gasteiger charge is -2.12. The summed E-state index contributed by atoms with van der Waals surface area (Å²) in [5.41, 5.74) is 0.972. The van der Waals surface area contributed by atoms with E-state index in [-0.39, 0.29) is 0 Å². The molecule has 0 unspecified atom stereocenters. The molecule has 3 rings (SSSR count). The van der Waals surface area contributed by atoms with Crippen molar-refractivity contribution in [1.29, 1.82) is 0 Å². The highest BCUT2D eigenvalue weighted by Gasteiger charge is 2.10. The van der Waals surface area contributed by atoms with E-state index in [9.17, 15) is 9.59 Å². The van der Waals surface area contributed by atoms with E-state index < -0.39 is 11.1 Å². The third-order valence-electron chi connectivity index (χ3n) is 3.06. The van der Waals surface area contributed by atoms with Gasteiger partial charge >= 0.3 is 11.1 Å². The molecular weight excluding hydrogens is 252 g/mol. The zero-order chi connectivity index (χ0) is 13.9. The summed E-state index contributed by atoms with van der Waals surface area (Å²) in [5, 5.41) is 0. The second-order valence-corrected chi connectivity index (χ2v) is 4.35. The summed E-state index contributed by atoms with van der Waals surface area (Å²) in [7, 11) is 0. The van der Waals surface area contributed by atoms with Crippen molar-refractivity contribution in [3.8, 4) is 16.9 Å². The number of nitrogens with zero attached hydrogens (tertiary/aromatic N) is 1. The molecule has 4 heteroatoms. The van der Waals surface area contributed by atoms with Gasteiger partial charge in [-0.3, -0.25) is 14.2 Å². The average Bonchev–Trinajstić information content (AvgIpc) is 2.51. The van der Waals surface area contributed by atoms with Gasteiger partial charge in [0.15, 0.2) is 0 Å². The molecule has 98 valence electrons. The van der Waals surface area contributed by atoms with Crippen LogP contribution >= 0.6 is 0 Å². The van der Waals surface area contributed by atoms with Crippen LogP contribution in [0, 0.1) is 0 Å². The molecule has 0 saturated heterocycles. The van der Waals surface area contributed by atoms with Crippen LogP contribution in [0.2, 0.25) is 0 Å². The van der Waals surface area contributed by atoms with Gasteiger partial charge in [0.05, 0.1) is 5.69 Å². The van der Waals surface area contributed by atoms with E-state index in [1.54, 1.807) is 18.3 Å². The van der Waals surface area contributed by atoms with Gasteiger partial charge in [0.1, 0.15) is 0 Å². The van der Waals surface area contributed by atoms with Crippen molar-refractivity contribution >= 4 is 0 Å². The normalized spacial score (nSPS) is 10.4. The van der Waals surface area contributed by atoms with Crippen LogP contribution in [0.4, 0.5) is 0 Å². The summed E-state index contributed by atoms with van der Waals surface area (Å²) in [4.78, 5) is 26.3. The Morgan fingerprint density at radius 1 is 0.800 bits per heavy atom. The summed E-state index contributed by atoms with van der Waals surface area (Å²) in [6.45, 7) is 0. The van der Waals surface area contributed by atoms with Crippen molar-refractivity contribution < 1.29 is 0 Å². The number of hydrogen-bond acceptors (Lipinski definition) is 2. The third kappa shape index (κ3) is 2.07. The van der Waals surface area contributed by atoms with E-state index in [0.29, 0.717) is 11.4 Å². The molecule has 0 aliphatic rings. The Morgan fingerprint density at radius 3 is 2.05 bits per heavy atom. The van der Waals surface area contributed by atoms with Crippen molar-refractivity contribution in [1.82, 2.24) is 9.55 Å². The second-order valence-electron chi connectivity index (χ2n) is 4.35. The van der Waals surface area contributed by atoms with Gasteiger partial charge < -0.3 is 4.98 Å². The predicted octanol–water partition coefficient (Wildman–Crippen LogP) is 2.19. The topological polar surface area (TPSA) is 54.9 Å². The Hall–Kier alpha value is -2.88. The van der Waals surface area contributed by atoms with Gasteiger partial charge in [-0.05, 0) is 12.1 Å². The van der Waals surface area contributed by atoms with Crippen molar-refractivity contribution in [3.63, 3.8) is 0 Å². The fourth-order valence-electron chi connectivity index (χ4n) is 2.13. The van der Waals surface area contributed by atoms with Crippen LogP contribution in [0.3, 0.4) is 0 Å². The molecule has 0 radical (unpaired) electrons. The zero-order valence-corrected chi connectivity index (χ0v) is 10.6. The van der Waals surface area contributed by atoms with Crippen LogP contribution < -0.4 is 11.1 Å². The summed E-state index contributed by atoms with van der Waals surface area (Å²) in [6, 6.07) is 18.6. The molecule has 0 aliphatic carbocycles. The molecule has 4 nitrogen and oxygen atoms in total. The Bertz CT molecular complexity index is 834. The fraction of sp³-hybridized carbons (Fsp3) is 0. The van der Waals surface area contributed by atoms with Crippen LogP contribution in [0.5, 0.6) is 0 Å². The Balaban J connectivity index is 2.35. The highest BCUT2D eigenvalue weighted by Crippen LogP contribution is 2.19. The molecule has 3 aromatic rings. The van der Waals surface area contributed by atoms with E-state index in [2.05, 4.69) is 4.98 Å². The first-order valence-corrected chi connectivity index (χ1v) is 6.23. The molecular formula is C16H12N2O2. The van der Waals surface area contributed by atoms with Crippen molar-refractivity contribution in [2.75, 3.05) is 0 Å². The maximum absolute atomic E-state index is 12.2. The predicted molar refractivity (Wildman–Crippen MR) is 78.1 cm³/mol.